The summed E-state index contributed by atoms with van der Waals surface area (Å²) >= 11 is 0. The Morgan fingerprint density at radius 1 is 1.12 bits per heavy atom. The largest absolute Gasteiger partial charge is 0.377 e. The summed E-state index contributed by atoms with van der Waals surface area (Å²) in [5.74, 6) is 0.519. The number of carbonyl (C=O) groups excluding carboxylic acids is 1. The van der Waals surface area contributed by atoms with Gasteiger partial charge in [-0.2, -0.15) is 0 Å². The van der Waals surface area contributed by atoms with Crippen molar-refractivity contribution in [2.75, 3.05) is 19.8 Å². The summed E-state index contributed by atoms with van der Waals surface area (Å²) in [6.45, 7) is 1.77. The lowest BCUT2D eigenvalue weighted by Crippen LogP contribution is -2.49. The van der Waals surface area contributed by atoms with Crippen LogP contribution in [0.4, 0.5) is 0 Å². The molecule has 6 nitrogen and oxygen atoms in total. The number of amides is 1. The second-order valence-corrected chi connectivity index (χ2v) is 8.61. The van der Waals surface area contributed by atoms with Crippen molar-refractivity contribution in [1.29, 1.82) is 0 Å². The van der Waals surface area contributed by atoms with E-state index in [-0.39, 0.29) is 22.9 Å². The minimum Gasteiger partial charge on any atom is -0.377 e. The molecule has 1 saturated heterocycles. The van der Waals surface area contributed by atoms with Crippen LogP contribution in [0, 0.1) is 5.92 Å². The number of rotatable bonds is 5. The minimum atomic E-state index is -3.47. The van der Waals surface area contributed by atoms with E-state index in [9.17, 15) is 13.2 Å². The highest BCUT2D eigenvalue weighted by molar-refractivity contribution is 7.89. The number of morpholine rings is 1. The molecule has 1 unspecified atom stereocenters. The summed E-state index contributed by atoms with van der Waals surface area (Å²) in [7, 11) is -3.47. The topological polar surface area (TPSA) is 75.7 Å². The summed E-state index contributed by atoms with van der Waals surface area (Å²) in [6, 6.07) is 6.50. The van der Waals surface area contributed by atoms with Crippen LogP contribution in [-0.2, 0) is 14.8 Å². The number of ether oxygens (including phenoxy) is 1. The van der Waals surface area contributed by atoms with Gasteiger partial charge in [-0.15, -0.1) is 0 Å². The van der Waals surface area contributed by atoms with Crippen molar-refractivity contribution >= 4 is 15.9 Å². The number of sulfonamides is 1. The summed E-state index contributed by atoms with van der Waals surface area (Å²) in [6.07, 6.45) is 4.11. The molecule has 1 amide bonds. The first-order chi connectivity index (χ1) is 11.5. The van der Waals surface area contributed by atoms with Crippen LogP contribution in [0.15, 0.2) is 29.2 Å². The van der Waals surface area contributed by atoms with E-state index in [4.69, 9.17) is 4.74 Å². The molecule has 1 N–H and O–H groups in total. The van der Waals surface area contributed by atoms with Crippen LogP contribution in [0.5, 0.6) is 0 Å². The Kier molecular flexibility index (Phi) is 4.10. The normalized spacial score (nSPS) is 24.8. The second-order valence-electron chi connectivity index (χ2n) is 6.90. The summed E-state index contributed by atoms with van der Waals surface area (Å²) < 4.78 is 32.6. The first-order valence-electron chi connectivity index (χ1n) is 8.56. The molecule has 0 radical (unpaired) electrons. The predicted octanol–water partition coefficient (Wildman–Crippen LogP) is 1.38. The molecule has 1 aromatic rings. The van der Waals surface area contributed by atoms with Crippen molar-refractivity contribution in [3.05, 3.63) is 29.8 Å². The molecular weight excluding hydrogens is 328 g/mol. The fourth-order valence-electron chi connectivity index (χ4n) is 3.18. The molecule has 0 spiro atoms. The lowest BCUT2D eigenvalue weighted by Gasteiger charge is -2.36. The van der Waals surface area contributed by atoms with Gasteiger partial charge >= 0.3 is 0 Å². The maximum Gasteiger partial charge on any atom is 0.254 e. The molecule has 2 saturated carbocycles. The van der Waals surface area contributed by atoms with E-state index >= 15 is 0 Å². The second kappa shape index (κ2) is 6.13. The molecule has 0 aromatic heterocycles. The Balaban J connectivity index is 1.50. The fraction of sp³-hybridized carbons (Fsp3) is 0.588. The van der Waals surface area contributed by atoms with Crippen molar-refractivity contribution in [2.24, 2.45) is 5.92 Å². The van der Waals surface area contributed by atoms with E-state index in [0.29, 0.717) is 31.2 Å². The standard InChI is InChI=1S/C17H22N2O4S/c20-17(19-9-10-23-11-16(19)12-1-2-12)13-3-7-15(8-4-13)24(21,22)18-14-5-6-14/h3-4,7-8,12,14,16,18H,1-2,5-6,9-11H2. The van der Waals surface area contributed by atoms with E-state index in [1.54, 1.807) is 12.1 Å². The number of benzene rings is 1. The lowest BCUT2D eigenvalue weighted by atomic mass is 10.1. The van der Waals surface area contributed by atoms with Gasteiger partial charge < -0.3 is 9.64 Å². The van der Waals surface area contributed by atoms with Crippen molar-refractivity contribution in [1.82, 2.24) is 9.62 Å². The number of nitrogens with one attached hydrogen (secondary N) is 1. The van der Waals surface area contributed by atoms with Crippen molar-refractivity contribution < 1.29 is 17.9 Å². The quantitative estimate of drug-likeness (QED) is 0.870. The Bertz CT molecular complexity index is 723. The van der Waals surface area contributed by atoms with E-state index in [1.165, 1.54) is 12.1 Å². The van der Waals surface area contributed by atoms with Gasteiger partial charge in [-0.05, 0) is 55.9 Å². The lowest BCUT2D eigenvalue weighted by molar-refractivity contribution is -0.00834. The van der Waals surface area contributed by atoms with E-state index in [1.807, 2.05) is 4.90 Å². The SMILES string of the molecule is O=C(c1ccc(S(=O)(=O)NC2CC2)cc1)N1CCOCC1C1CC1. The van der Waals surface area contributed by atoms with E-state index in [0.717, 1.165) is 25.7 Å². The van der Waals surface area contributed by atoms with Gasteiger partial charge in [-0.3, -0.25) is 4.79 Å². The van der Waals surface area contributed by atoms with Crippen LogP contribution < -0.4 is 4.72 Å². The third-order valence-corrected chi connectivity index (χ3v) is 6.44. The van der Waals surface area contributed by atoms with Crippen LogP contribution in [-0.4, -0.2) is 51.1 Å². The minimum absolute atomic E-state index is 0.0331. The summed E-state index contributed by atoms with van der Waals surface area (Å²) in [4.78, 5) is 14.9. The zero-order valence-electron chi connectivity index (χ0n) is 13.5. The van der Waals surface area contributed by atoms with Crippen molar-refractivity contribution in [2.45, 2.75) is 42.7 Å². The Morgan fingerprint density at radius 2 is 1.83 bits per heavy atom. The van der Waals surface area contributed by atoms with E-state index in [2.05, 4.69) is 4.72 Å². The fourth-order valence-corrected chi connectivity index (χ4v) is 4.48. The van der Waals surface area contributed by atoms with Crippen LogP contribution in [0.25, 0.3) is 0 Å². The molecule has 4 rings (SSSR count). The predicted molar refractivity (Wildman–Crippen MR) is 88.2 cm³/mol. The molecule has 3 aliphatic rings. The highest BCUT2D eigenvalue weighted by Crippen LogP contribution is 2.37. The Hall–Kier alpha value is -1.44. The van der Waals surface area contributed by atoms with Crippen molar-refractivity contribution in [3.8, 4) is 0 Å². The highest BCUT2D eigenvalue weighted by Gasteiger charge is 2.39. The van der Waals surface area contributed by atoms with Crippen LogP contribution in [0.2, 0.25) is 0 Å². The molecule has 1 aliphatic heterocycles. The van der Waals surface area contributed by atoms with Gasteiger partial charge in [0.05, 0.1) is 24.2 Å². The molecule has 7 heteroatoms. The molecule has 0 bridgehead atoms. The third-order valence-electron chi connectivity index (χ3n) is 4.90. The maximum absolute atomic E-state index is 12.8. The highest BCUT2D eigenvalue weighted by atomic mass is 32.2. The molecule has 3 fully saturated rings. The molecule has 2 aliphatic carbocycles. The van der Waals surface area contributed by atoms with Gasteiger partial charge in [0.2, 0.25) is 10.0 Å². The number of carbonyl (C=O) groups is 1. The van der Waals surface area contributed by atoms with Gasteiger partial charge in [0, 0.05) is 18.2 Å². The molecule has 130 valence electrons. The average Bonchev–Trinajstić information content (AvgIpc) is 3.48. The van der Waals surface area contributed by atoms with Gasteiger partial charge in [0.15, 0.2) is 0 Å². The van der Waals surface area contributed by atoms with Crippen LogP contribution >= 0.6 is 0 Å². The molecule has 1 aromatic carbocycles. The van der Waals surface area contributed by atoms with Gasteiger partial charge in [0.1, 0.15) is 0 Å². The number of hydrogen-bond donors (Lipinski definition) is 1. The molecule has 1 heterocycles. The van der Waals surface area contributed by atoms with Crippen molar-refractivity contribution in [3.63, 3.8) is 0 Å². The van der Waals surface area contributed by atoms with Crippen LogP contribution in [0.1, 0.15) is 36.0 Å². The first-order valence-corrected chi connectivity index (χ1v) is 10.0. The smallest absolute Gasteiger partial charge is 0.254 e. The average molecular weight is 350 g/mol. The first kappa shape index (κ1) is 16.1. The molecular formula is C17H22N2O4S. The summed E-state index contributed by atoms with van der Waals surface area (Å²) in [5.41, 5.74) is 0.535. The maximum atomic E-state index is 12.8. The van der Waals surface area contributed by atoms with Gasteiger partial charge in [-0.25, -0.2) is 13.1 Å². The zero-order chi connectivity index (χ0) is 16.7. The van der Waals surface area contributed by atoms with Crippen LogP contribution in [0.3, 0.4) is 0 Å². The van der Waals surface area contributed by atoms with Gasteiger partial charge in [0.25, 0.3) is 5.91 Å². The molecule has 24 heavy (non-hydrogen) atoms. The summed E-state index contributed by atoms with van der Waals surface area (Å²) in [5, 5.41) is 0. The zero-order valence-corrected chi connectivity index (χ0v) is 14.3. The Labute approximate surface area is 142 Å². The molecule has 1 atom stereocenters. The number of nitrogens with zero attached hydrogens (tertiary/aromatic N) is 1. The Morgan fingerprint density at radius 3 is 2.46 bits per heavy atom. The van der Waals surface area contributed by atoms with Gasteiger partial charge in [-0.1, -0.05) is 0 Å². The third kappa shape index (κ3) is 3.34. The van der Waals surface area contributed by atoms with E-state index < -0.39 is 10.0 Å². The monoisotopic (exact) mass is 350 g/mol. The number of hydrogen-bond acceptors (Lipinski definition) is 4.